The van der Waals surface area contributed by atoms with Gasteiger partial charge in [-0.2, -0.15) is 0 Å². The minimum atomic E-state index is -0.444. The number of amides is 1. The molecule has 0 saturated carbocycles. The first-order valence-corrected chi connectivity index (χ1v) is 8.63. The maximum atomic E-state index is 12.9. The number of carbonyl (C=O) groups is 1. The van der Waals surface area contributed by atoms with Crippen LogP contribution in [0.2, 0.25) is 0 Å². The molecular formula is C20H23N3O2. The number of nitrogens with zero attached hydrogens (tertiary/aromatic N) is 2. The molecule has 0 unspecified atom stereocenters. The van der Waals surface area contributed by atoms with Crippen LogP contribution < -0.4 is 5.32 Å². The highest BCUT2D eigenvalue weighted by molar-refractivity contribution is 5.86. The zero-order valence-electron chi connectivity index (χ0n) is 14.4. The summed E-state index contributed by atoms with van der Waals surface area (Å²) in [6, 6.07) is 17.2. The standard InChI is InChI=1S/C20H23N3O2/c1-2-25-14-8-13-21-20(24)19(16-9-4-3-5-10-16)23-15-22-17-11-6-7-12-18(17)23/h3-7,9-12,15,19H,2,8,13-14H2,1H3,(H,21,24)/t19-/m1/s1. The largest absolute Gasteiger partial charge is 0.382 e. The maximum absolute atomic E-state index is 12.9. The first-order valence-electron chi connectivity index (χ1n) is 8.63. The van der Waals surface area contributed by atoms with Gasteiger partial charge in [-0.15, -0.1) is 0 Å². The van der Waals surface area contributed by atoms with E-state index in [2.05, 4.69) is 10.3 Å². The second-order valence-corrected chi connectivity index (χ2v) is 5.80. The number of rotatable bonds is 8. The van der Waals surface area contributed by atoms with Crippen LogP contribution in [0.4, 0.5) is 0 Å². The van der Waals surface area contributed by atoms with Crippen LogP contribution in [0.5, 0.6) is 0 Å². The van der Waals surface area contributed by atoms with Crippen molar-refractivity contribution >= 4 is 16.9 Å². The maximum Gasteiger partial charge on any atom is 0.247 e. The molecule has 0 aliphatic heterocycles. The van der Waals surface area contributed by atoms with Crippen LogP contribution in [0.25, 0.3) is 11.0 Å². The summed E-state index contributed by atoms with van der Waals surface area (Å²) in [4.78, 5) is 17.3. The van der Waals surface area contributed by atoms with E-state index in [9.17, 15) is 4.79 Å². The lowest BCUT2D eigenvalue weighted by Crippen LogP contribution is -2.34. The van der Waals surface area contributed by atoms with Crippen molar-refractivity contribution in [2.75, 3.05) is 19.8 Å². The van der Waals surface area contributed by atoms with E-state index in [0.717, 1.165) is 23.0 Å². The third-order valence-corrected chi connectivity index (χ3v) is 4.09. The van der Waals surface area contributed by atoms with Crippen LogP contribution in [-0.2, 0) is 9.53 Å². The number of ether oxygens (including phenoxy) is 1. The minimum Gasteiger partial charge on any atom is -0.382 e. The Balaban J connectivity index is 1.85. The molecule has 1 atom stereocenters. The van der Waals surface area contributed by atoms with Crippen LogP contribution in [0.1, 0.15) is 24.9 Å². The SMILES string of the molecule is CCOCCCNC(=O)[C@@H](c1ccccc1)n1cnc2ccccc21. The van der Waals surface area contributed by atoms with Gasteiger partial charge in [-0.05, 0) is 31.0 Å². The van der Waals surface area contributed by atoms with E-state index in [0.29, 0.717) is 19.8 Å². The molecular weight excluding hydrogens is 314 g/mol. The van der Waals surface area contributed by atoms with Gasteiger partial charge in [-0.3, -0.25) is 4.79 Å². The predicted octanol–water partition coefficient (Wildman–Crippen LogP) is 3.17. The highest BCUT2D eigenvalue weighted by Crippen LogP contribution is 2.24. The lowest BCUT2D eigenvalue weighted by Gasteiger charge is -2.19. The van der Waals surface area contributed by atoms with Gasteiger partial charge in [0.25, 0.3) is 0 Å². The van der Waals surface area contributed by atoms with Crippen molar-refractivity contribution in [2.45, 2.75) is 19.4 Å². The first kappa shape index (κ1) is 17.2. The Morgan fingerprint density at radius 1 is 1.16 bits per heavy atom. The molecule has 130 valence electrons. The fourth-order valence-electron chi connectivity index (χ4n) is 2.88. The van der Waals surface area contributed by atoms with Crippen LogP contribution >= 0.6 is 0 Å². The number of benzene rings is 2. The average molecular weight is 337 g/mol. The van der Waals surface area contributed by atoms with E-state index in [1.165, 1.54) is 0 Å². The number of aromatic nitrogens is 2. The van der Waals surface area contributed by atoms with Gasteiger partial charge in [-0.25, -0.2) is 4.98 Å². The van der Waals surface area contributed by atoms with Gasteiger partial charge in [0.1, 0.15) is 6.04 Å². The number of carbonyl (C=O) groups excluding carboxylic acids is 1. The minimum absolute atomic E-state index is 0.0362. The number of para-hydroxylation sites is 2. The topological polar surface area (TPSA) is 56.1 Å². The zero-order chi connectivity index (χ0) is 17.5. The molecule has 0 spiro atoms. The van der Waals surface area contributed by atoms with Gasteiger partial charge in [0, 0.05) is 19.8 Å². The van der Waals surface area contributed by atoms with Crippen LogP contribution in [0.3, 0.4) is 0 Å². The molecule has 0 saturated heterocycles. The molecule has 0 aliphatic carbocycles. The average Bonchev–Trinajstić information content (AvgIpc) is 3.07. The van der Waals surface area contributed by atoms with Gasteiger partial charge < -0.3 is 14.6 Å². The second kappa shape index (κ2) is 8.44. The summed E-state index contributed by atoms with van der Waals surface area (Å²) in [5, 5.41) is 3.03. The van der Waals surface area contributed by atoms with Gasteiger partial charge in [0.2, 0.25) is 5.91 Å². The third kappa shape index (κ3) is 4.06. The lowest BCUT2D eigenvalue weighted by molar-refractivity contribution is -0.123. The van der Waals surface area contributed by atoms with Gasteiger partial charge >= 0.3 is 0 Å². The quantitative estimate of drug-likeness (QED) is 0.642. The van der Waals surface area contributed by atoms with Gasteiger partial charge in [0.15, 0.2) is 0 Å². The van der Waals surface area contributed by atoms with Crippen molar-refractivity contribution in [2.24, 2.45) is 0 Å². The molecule has 1 N–H and O–H groups in total. The molecule has 2 aromatic carbocycles. The van der Waals surface area contributed by atoms with Crippen molar-refractivity contribution in [3.05, 3.63) is 66.5 Å². The van der Waals surface area contributed by atoms with Crippen molar-refractivity contribution < 1.29 is 9.53 Å². The van der Waals surface area contributed by atoms with Crippen LogP contribution in [0, 0.1) is 0 Å². The summed E-state index contributed by atoms with van der Waals surface area (Å²) in [5.41, 5.74) is 2.77. The van der Waals surface area contributed by atoms with E-state index >= 15 is 0 Å². The molecule has 0 aliphatic rings. The first-order chi connectivity index (χ1) is 12.3. The summed E-state index contributed by atoms with van der Waals surface area (Å²) in [6.07, 6.45) is 2.54. The Morgan fingerprint density at radius 2 is 1.92 bits per heavy atom. The second-order valence-electron chi connectivity index (χ2n) is 5.80. The Bertz CT molecular complexity index is 814. The molecule has 0 fully saturated rings. The molecule has 0 bridgehead atoms. The van der Waals surface area contributed by atoms with Crippen molar-refractivity contribution in [3.8, 4) is 0 Å². The molecule has 5 heteroatoms. The summed E-state index contributed by atoms with van der Waals surface area (Å²) < 4.78 is 7.26. The zero-order valence-corrected chi connectivity index (χ0v) is 14.4. The molecule has 1 amide bonds. The number of fused-ring (bicyclic) bond motifs is 1. The summed E-state index contributed by atoms with van der Waals surface area (Å²) in [5.74, 6) is -0.0362. The van der Waals surface area contributed by atoms with Gasteiger partial charge in [-0.1, -0.05) is 42.5 Å². The fourth-order valence-corrected chi connectivity index (χ4v) is 2.88. The molecule has 0 radical (unpaired) electrons. The number of hydrogen-bond acceptors (Lipinski definition) is 3. The van der Waals surface area contributed by atoms with E-state index in [1.54, 1.807) is 6.33 Å². The summed E-state index contributed by atoms with van der Waals surface area (Å²) in [6.45, 7) is 3.91. The molecule has 5 nitrogen and oxygen atoms in total. The van der Waals surface area contributed by atoms with Crippen LogP contribution in [0.15, 0.2) is 60.9 Å². The monoisotopic (exact) mass is 337 g/mol. The highest BCUT2D eigenvalue weighted by atomic mass is 16.5. The molecule has 1 heterocycles. The van der Waals surface area contributed by atoms with Crippen LogP contribution in [-0.4, -0.2) is 35.2 Å². The van der Waals surface area contributed by atoms with Crippen molar-refractivity contribution in [1.82, 2.24) is 14.9 Å². The summed E-state index contributed by atoms with van der Waals surface area (Å²) in [7, 11) is 0. The number of hydrogen-bond donors (Lipinski definition) is 1. The highest BCUT2D eigenvalue weighted by Gasteiger charge is 2.23. The summed E-state index contributed by atoms with van der Waals surface area (Å²) >= 11 is 0. The fraction of sp³-hybridized carbons (Fsp3) is 0.300. The van der Waals surface area contributed by atoms with E-state index in [4.69, 9.17) is 4.74 Å². The Kier molecular flexibility index (Phi) is 5.80. The molecule has 1 aromatic heterocycles. The van der Waals surface area contributed by atoms with E-state index in [-0.39, 0.29) is 5.91 Å². The number of imidazole rings is 1. The van der Waals surface area contributed by atoms with Crippen molar-refractivity contribution in [3.63, 3.8) is 0 Å². The lowest BCUT2D eigenvalue weighted by atomic mass is 10.1. The Hall–Kier alpha value is -2.66. The normalized spacial score (nSPS) is 12.2. The molecule has 3 rings (SSSR count). The molecule has 3 aromatic rings. The van der Waals surface area contributed by atoms with E-state index < -0.39 is 6.04 Å². The van der Waals surface area contributed by atoms with Crippen molar-refractivity contribution in [1.29, 1.82) is 0 Å². The number of nitrogens with one attached hydrogen (secondary N) is 1. The predicted molar refractivity (Wildman–Crippen MR) is 98.4 cm³/mol. The Labute approximate surface area is 147 Å². The Morgan fingerprint density at radius 3 is 2.72 bits per heavy atom. The van der Waals surface area contributed by atoms with E-state index in [1.807, 2.05) is 66.1 Å². The molecule has 25 heavy (non-hydrogen) atoms. The third-order valence-electron chi connectivity index (χ3n) is 4.09. The van der Waals surface area contributed by atoms with Gasteiger partial charge in [0.05, 0.1) is 17.4 Å². The smallest absolute Gasteiger partial charge is 0.247 e.